The molecule has 0 aliphatic heterocycles. The fraction of sp³-hybridized carbons (Fsp3) is 0.250. The van der Waals surface area contributed by atoms with E-state index in [1.54, 1.807) is 0 Å². The van der Waals surface area contributed by atoms with Crippen LogP contribution in [0.3, 0.4) is 0 Å². The molecule has 106 valence electrons. The van der Waals surface area contributed by atoms with Gasteiger partial charge in [-0.25, -0.2) is 8.78 Å². The molecule has 0 radical (unpaired) electrons. The van der Waals surface area contributed by atoms with Gasteiger partial charge in [-0.2, -0.15) is 0 Å². The lowest BCUT2D eigenvalue weighted by Crippen LogP contribution is -2.10. The summed E-state index contributed by atoms with van der Waals surface area (Å²) in [5, 5.41) is 0.684. The summed E-state index contributed by atoms with van der Waals surface area (Å²) in [4.78, 5) is 0. The lowest BCUT2D eigenvalue weighted by atomic mass is 9.94. The molecule has 0 aromatic heterocycles. The van der Waals surface area contributed by atoms with E-state index in [0.717, 1.165) is 18.1 Å². The summed E-state index contributed by atoms with van der Waals surface area (Å²) in [6, 6.07) is 11.1. The summed E-state index contributed by atoms with van der Waals surface area (Å²) in [5.74, 6) is -0.556. The highest BCUT2D eigenvalue weighted by molar-refractivity contribution is 6.30. The van der Waals surface area contributed by atoms with Crippen LogP contribution in [0.4, 0.5) is 8.78 Å². The summed E-state index contributed by atoms with van der Waals surface area (Å²) in [6.45, 7) is 0. The minimum atomic E-state index is -0.556. The lowest BCUT2D eigenvalue weighted by molar-refractivity contribution is 0.557. The molecule has 0 amide bonds. The average molecular weight is 315 g/mol. The van der Waals surface area contributed by atoms with Crippen LogP contribution in [0.5, 0.6) is 0 Å². The van der Waals surface area contributed by atoms with Gasteiger partial charge in [-0.1, -0.05) is 23.7 Å². The molecule has 1 unspecified atom stereocenters. The van der Waals surface area contributed by atoms with Gasteiger partial charge in [0.15, 0.2) is 0 Å². The van der Waals surface area contributed by atoms with E-state index in [1.807, 2.05) is 24.3 Å². The molecule has 0 aliphatic carbocycles. The van der Waals surface area contributed by atoms with Crippen LogP contribution in [0, 0.1) is 17.6 Å². The second kappa shape index (κ2) is 7.05. The highest BCUT2D eigenvalue weighted by Crippen LogP contribution is 2.19. The maximum absolute atomic E-state index is 13.2. The first-order valence-electron chi connectivity index (χ1n) is 6.32. The predicted molar refractivity (Wildman–Crippen MR) is 79.4 cm³/mol. The Kier molecular flexibility index (Phi) is 5.38. The SMILES string of the molecule is Fc1cc(F)cc(CC(CCl)Cc2ccc(Cl)cc2)c1. The molecule has 1 atom stereocenters. The zero-order valence-corrected chi connectivity index (χ0v) is 12.3. The standard InChI is InChI=1S/C16H14Cl2F2/c17-10-13(5-11-1-3-14(18)4-2-11)6-12-7-15(19)9-16(20)8-12/h1-4,7-9,13H,5-6,10H2. The van der Waals surface area contributed by atoms with Crippen molar-refractivity contribution in [3.8, 4) is 0 Å². The van der Waals surface area contributed by atoms with Crippen molar-refractivity contribution in [1.82, 2.24) is 0 Å². The first-order chi connectivity index (χ1) is 9.56. The Morgan fingerprint density at radius 3 is 1.95 bits per heavy atom. The molecule has 0 saturated carbocycles. The summed E-state index contributed by atoms with van der Waals surface area (Å²) in [7, 11) is 0. The second-order valence-corrected chi connectivity index (χ2v) is 5.58. The van der Waals surface area contributed by atoms with Crippen LogP contribution in [-0.4, -0.2) is 5.88 Å². The van der Waals surface area contributed by atoms with Gasteiger partial charge in [0.1, 0.15) is 11.6 Å². The molecule has 0 fully saturated rings. The molecule has 2 aromatic carbocycles. The third-order valence-corrected chi connectivity index (χ3v) is 3.79. The van der Waals surface area contributed by atoms with Crippen LogP contribution >= 0.6 is 23.2 Å². The summed E-state index contributed by atoms with van der Waals surface area (Å²) < 4.78 is 26.3. The van der Waals surface area contributed by atoms with Gasteiger partial charge in [-0.3, -0.25) is 0 Å². The van der Waals surface area contributed by atoms with Crippen molar-refractivity contribution in [3.63, 3.8) is 0 Å². The van der Waals surface area contributed by atoms with Crippen molar-refractivity contribution in [2.45, 2.75) is 12.8 Å². The highest BCUT2D eigenvalue weighted by atomic mass is 35.5. The fourth-order valence-electron chi connectivity index (χ4n) is 2.20. The van der Waals surface area contributed by atoms with Crippen LogP contribution in [-0.2, 0) is 12.8 Å². The molecule has 0 aliphatic rings. The maximum Gasteiger partial charge on any atom is 0.126 e. The molecular weight excluding hydrogens is 301 g/mol. The van der Waals surface area contributed by atoms with E-state index in [4.69, 9.17) is 23.2 Å². The predicted octanol–water partition coefficient (Wildman–Crippen LogP) is 5.26. The number of rotatable bonds is 5. The lowest BCUT2D eigenvalue weighted by Gasteiger charge is -2.14. The van der Waals surface area contributed by atoms with Crippen LogP contribution in [0.15, 0.2) is 42.5 Å². The van der Waals surface area contributed by atoms with Crippen molar-refractivity contribution in [3.05, 3.63) is 70.2 Å². The fourth-order valence-corrected chi connectivity index (χ4v) is 2.54. The maximum atomic E-state index is 13.2. The van der Waals surface area contributed by atoms with Gasteiger partial charge in [0.25, 0.3) is 0 Å². The van der Waals surface area contributed by atoms with Gasteiger partial charge in [-0.05, 0) is 54.2 Å². The summed E-state index contributed by atoms with van der Waals surface area (Å²) >= 11 is 11.8. The monoisotopic (exact) mass is 314 g/mol. The number of hydrogen-bond donors (Lipinski definition) is 0. The molecule has 0 saturated heterocycles. The molecule has 0 nitrogen and oxygen atoms in total. The minimum absolute atomic E-state index is 0.124. The number of alkyl halides is 1. The Bertz CT molecular complexity index is 547. The zero-order valence-electron chi connectivity index (χ0n) is 10.8. The molecule has 20 heavy (non-hydrogen) atoms. The van der Waals surface area contributed by atoms with E-state index in [0.29, 0.717) is 22.9 Å². The van der Waals surface area contributed by atoms with E-state index in [2.05, 4.69) is 0 Å². The van der Waals surface area contributed by atoms with Gasteiger partial charge in [-0.15, -0.1) is 11.6 Å². The molecular formula is C16H14Cl2F2. The third-order valence-electron chi connectivity index (χ3n) is 3.10. The van der Waals surface area contributed by atoms with E-state index in [1.165, 1.54) is 12.1 Å². The molecule has 0 N–H and O–H groups in total. The van der Waals surface area contributed by atoms with Crippen LogP contribution < -0.4 is 0 Å². The quantitative estimate of drug-likeness (QED) is 0.660. The topological polar surface area (TPSA) is 0 Å². The largest absolute Gasteiger partial charge is 0.207 e. The average Bonchev–Trinajstić information content (AvgIpc) is 2.39. The Hall–Kier alpha value is -1.12. The van der Waals surface area contributed by atoms with Crippen LogP contribution in [0.2, 0.25) is 5.02 Å². The van der Waals surface area contributed by atoms with E-state index >= 15 is 0 Å². The van der Waals surface area contributed by atoms with Gasteiger partial charge < -0.3 is 0 Å². The summed E-state index contributed by atoms with van der Waals surface area (Å²) in [5.41, 5.74) is 1.74. The van der Waals surface area contributed by atoms with Crippen molar-refractivity contribution < 1.29 is 8.78 Å². The second-order valence-electron chi connectivity index (χ2n) is 4.83. The van der Waals surface area contributed by atoms with Gasteiger partial charge >= 0.3 is 0 Å². The van der Waals surface area contributed by atoms with Crippen molar-refractivity contribution >= 4 is 23.2 Å². The molecule has 4 heteroatoms. The molecule has 0 heterocycles. The first kappa shape index (κ1) is 15.3. The zero-order chi connectivity index (χ0) is 14.5. The van der Waals surface area contributed by atoms with E-state index in [9.17, 15) is 8.78 Å². The van der Waals surface area contributed by atoms with Crippen LogP contribution in [0.1, 0.15) is 11.1 Å². The number of halogens is 4. The van der Waals surface area contributed by atoms with Crippen LogP contribution in [0.25, 0.3) is 0 Å². The third kappa shape index (κ3) is 4.46. The van der Waals surface area contributed by atoms with Gasteiger partial charge in [0, 0.05) is 17.0 Å². The molecule has 2 aromatic rings. The Morgan fingerprint density at radius 2 is 1.40 bits per heavy atom. The molecule has 2 rings (SSSR count). The van der Waals surface area contributed by atoms with Crippen molar-refractivity contribution in [2.24, 2.45) is 5.92 Å². The molecule has 0 bridgehead atoms. The minimum Gasteiger partial charge on any atom is -0.207 e. The molecule has 0 spiro atoms. The number of hydrogen-bond acceptors (Lipinski definition) is 0. The first-order valence-corrected chi connectivity index (χ1v) is 7.23. The van der Waals surface area contributed by atoms with Crippen molar-refractivity contribution in [1.29, 1.82) is 0 Å². The van der Waals surface area contributed by atoms with Gasteiger partial charge in [0.05, 0.1) is 0 Å². The normalized spacial score (nSPS) is 12.4. The van der Waals surface area contributed by atoms with Gasteiger partial charge in [0.2, 0.25) is 0 Å². The van der Waals surface area contributed by atoms with E-state index < -0.39 is 11.6 Å². The Labute approximate surface area is 127 Å². The number of benzene rings is 2. The van der Waals surface area contributed by atoms with Crippen molar-refractivity contribution in [2.75, 3.05) is 5.88 Å². The smallest absolute Gasteiger partial charge is 0.126 e. The summed E-state index contributed by atoms with van der Waals surface area (Å²) in [6.07, 6.45) is 1.29. The Morgan fingerprint density at radius 1 is 0.850 bits per heavy atom. The Balaban J connectivity index is 2.06. The van der Waals surface area contributed by atoms with E-state index in [-0.39, 0.29) is 5.92 Å². The highest BCUT2D eigenvalue weighted by Gasteiger charge is 2.11.